The first-order chi connectivity index (χ1) is 32.2. The third kappa shape index (κ3) is 4.90. The molecule has 3 N–H and O–H groups in total. The van der Waals surface area contributed by atoms with Gasteiger partial charge >= 0.3 is 0 Å². The molecule has 0 aliphatic carbocycles. The second kappa shape index (κ2) is 10.4. The van der Waals surface area contributed by atoms with Crippen molar-refractivity contribution in [3.63, 3.8) is 0 Å². The molecule has 2 heterocycles. The van der Waals surface area contributed by atoms with Crippen molar-refractivity contribution in [2.24, 2.45) is 7.05 Å². The van der Waals surface area contributed by atoms with E-state index in [0.29, 0.717) is 29.4 Å². The highest BCUT2D eigenvalue weighted by Crippen LogP contribution is 2.35. The Morgan fingerprint density at radius 1 is 1.17 bits per heavy atom. The monoisotopic (exact) mass is 576 g/mol. The number of Topliss-reactive ketones (excluding diaryl/α,β-unsaturated/α-hetero) is 1. The Morgan fingerprint density at radius 3 is 2.64 bits per heavy atom. The van der Waals surface area contributed by atoms with E-state index in [0.717, 1.165) is 46.5 Å². The lowest BCUT2D eigenvalue weighted by atomic mass is 10.0. The predicted molar refractivity (Wildman–Crippen MR) is 181 cm³/mol. The lowest BCUT2D eigenvalue weighted by molar-refractivity contribution is 0.0981. The Kier molecular flexibility index (Phi) is 3.56. The summed E-state index contributed by atoms with van der Waals surface area (Å²) in [5, 5.41) is 4.33. The van der Waals surface area contributed by atoms with Crippen LogP contribution in [0.4, 0.5) is 23.0 Å². The fraction of sp³-hybridized carbons (Fsp3) is 0.321. The average molecular weight is 576 g/mol. The first kappa shape index (κ1) is 12.4. The van der Waals surface area contributed by atoms with Crippen LogP contribution in [-0.2, 0) is 7.05 Å². The van der Waals surface area contributed by atoms with Gasteiger partial charge in [-0.15, -0.1) is 0 Å². The van der Waals surface area contributed by atoms with E-state index >= 15 is 0 Å². The molecule has 0 saturated heterocycles. The van der Waals surface area contributed by atoms with Gasteiger partial charge in [-0.2, -0.15) is 0 Å². The summed E-state index contributed by atoms with van der Waals surface area (Å²) in [6.07, 6.45) is 2.13. The zero-order valence-corrected chi connectivity index (χ0v) is 22.0. The van der Waals surface area contributed by atoms with Crippen LogP contribution in [0.2, 0.25) is 0 Å². The largest absolute Gasteiger partial charge is 0.397 e. The van der Waals surface area contributed by atoms with E-state index in [9.17, 15) is 4.79 Å². The Balaban J connectivity index is -0.0000000829. The lowest BCUT2D eigenvalue weighted by Crippen LogP contribution is -2.29. The predicted octanol–water partition coefficient (Wildman–Crippen LogP) is 8.55. The molecule has 4 aromatic rings. The topological polar surface area (TPSA) is 92.3 Å². The highest BCUT2D eigenvalue weighted by Gasteiger charge is 2.22. The molecule has 0 radical (unpaired) electrons. The Bertz CT molecular complexity index is 1470. The van der Waals surface area contributed by atoms with E-state index in [2.05, 4.69) is 40.3 Å². The number of nitrogens with two attached hydrogens (primary N) is 1. The number of anilines is 4. The molecular weight excluding hydrogens is 450 g/mol. The summed E-state index contributed by atoms with van der Waals surface area (Å²) in [5.74, 6) is 0.529. The van der Waals surface area contributed by atoms with Gasteiger partial charge in [-0.3, -0.25) is 4.79 Å². The zero-order valence-electron chi connectivity index (χ0n) is 52.0. The van der Waals surface area contributed by atoms with Crippen LogP contribution in [0.15, 0.2) is 48.7 Å². The SMILES string of the molecule is CCC(=O)c1c(-c2ccnc(Nc3cc(N)c(N(C)CCN(C)C)cc3C)n2)c2ccccc2n1C.[3H][3H].[3H][3H].[3H][3H].[3H][3H].[3H][3H].[3H][3H].[3H][3H].[3H][3H].[3H][3H].[3H][3H].[3H][3H].[3H][3H].[3H][3H].[3H][3H].[3H][3H]. The molecule has 0 bridgehead atoms. The van der Waals surface area contributed by atoms with Crippen molar-refractivity contribution in [3.05, 3.63) is 59.9 Å². The molecule has 4 rings (SSSR count). The molecular formula is C28H65N7O. The molecule has 0 atom stereocenters. The van der Waals surface area contributed by atoms with Gasteiger partial charge in [-0.1, -0.05) is 25.1 Å². The lowest BCUT2D eigenvalue weighted by Gasteiger charge is -2.24. The first-order valence-corrected chi connectivity index (χ1v) is 12.2. The van der Waals surface area contributed by atoms with Gasteiger partial charge in [0.05, 0.1) is 22.8 Å². The van der Waals surface area contributed by atoms with E-state index in [1.54, 1.807) is 6.20 Å². The Morgan fingerprint density at radius 2 is 1.92 bits per heavy atom. The van der Waals surface area contributed by atoms with Crippen molar-refractivity contribution in [1.82, 2.24) is 19.4 Å². The van der Waals surface area contributed by atoms with Crippen LogP contribution < -0.4 is 16.0 Å². The molecule has 218 valence electrons. The van der Waals surface area contributed by atoms with Crippen molar-refractivity contribution in [2.75, 3.05) is 50.2 Å². The van der Waals surface area contributed by atoms with Crippen molar-refractivity contribution in [2.45, 2.75) is 20.3 Å². The standard InChI is InChI=1S/C28H35N7O.15H2/c1-7-25(36)27-26(19-10-8-9-11-23(19)35(27)6)21-12-13-30-28(31-21)32-22-17-20(29)24(16-18(22)2)34(5)15-14-33(3)4;;;;;;;;;;;;;;;/h8-13,16-17H,7,14-15,29H2,1-6H3,(H,30,31,32);15*1H/i;15*1+2T. The van der Waals surface area contributed by atoms with Crippen LogP contribution >= 0.6 is 0 Å². The van der Waals surface area contributed by atoms with Gasteiger partial charge in [0.25, 0.3) is 0 Å². The number of carbonyl (C=O) groups excluding carboxylic acids is 1. The molecule has 0 unspecified atom stereocenters. The van der Waals surface area contributed by atoms with Gasteiger partial charge in [-0.25, -0.2) is 9.97 Å². The third-order valence-electron chi connectivity index (χ3n) is 6.52. The smallest absolute Gasteiger partial charge is 0.227 e. The molecule has 0 aliphatic heterocycles. The van der Waals surface area contributed by atoms with Crippen molar-refractivity contribution < 1.29 is 49.3 Å². The molecule has 0 spiro atoms. The molecule has 8 nitrogen and oxygen atoms in total. The Labute approximate surface area is 259 Å². The van der Waals surface area contributed by atoms with Crippen LogP contribution in [-0.4, -0.2) is 59.5 Å². The molecule has 0 saturated carbocycles. The summed E-state index contributed by atoms with van der Waals surface area (Å²) >= 11 is 0. The molecule has 2 aromatic heterocycles. The number of nitrogens with zero attached hydrogens (tertiary/aromatic N) is 5. The zero-order chi connectivity index (χ0) is 56.0. The summed E-state index contributed by atoms with van der Waals surface area (Å²) in [6.45, 7) is 5.73. The molecule has 8 heteroatoms. The maximum atomic E-state index is 12.9. The quantitative estimate of drug-likeness (QED) is 0.152. The molecule has 0 fully saturated rings. The number of aromatic nitrogens is 3. The number of para-hydroxylation sites is 1. The number of fused-ring (bicyclic) bond motifs is 1. The number of rotatable bonds is 9. The van der Waals surface area contributed by atoms with Crippen molar-refractivity contribution >= 4 is 39.7 Å². The first-order valence-electron chi connectivity index (χ1n) is 27.2. The number of hydrogen-bond donors (Lipinski definition) is 2. The fourth-order valence-corrected chi connectivity index (χ4v) is 4.47. The average Bonchev–Trinajstić information content (AvgIpc) is 3.74. The van der Waals surface area contributed by atoms with Crippen LogP contribution in [0.3, 0.4) is 0 Å². The summed E-state index contributed by atoms with van der Waals surface area (Å²) in [7, 11) is 8.10. The van der Waals surface area contributed by atoms with Crippen molar-refractivity contribution in [1.29, 1.82) is 0 Å². The fourth-order valence-electron chi connectivity index (χ4n) is 4.47. The van der Waals surface area contributed by atoms with E-state index in [1.165, 1.54) is 0 Å². The molecule has 2 aromatic carbocycles. The number of likely N-dealkylation sites (N-methyl/N-ethyl adjacent to an activating group) is 2. The number of nitrogen functional groups attached to an aromatic ring is 1. The van der Waals surface area contributed by atoms with Crippen LogP contribution in [0.25, 0.3) is 22.2 Å². The number of hydrogen-bond acceptors (Lipinski definition) is 7. The molecule has 0 amide bonds. The van der Waals surface area contributed by atoms with Gasteiger partial charge in [0.15, 0.2) is 5.78 Å². The van der Waals surface area contributed by atoms with E-state index in [1.807, 2.05) is 68.9 Å². The summed E-state index contributed by atoms with van der Waals surface area (Å²) in [6, 6.07) is 13.9. The second-order valence-corrected chi connectivity index (χ2v) is 9.42. The molecule has 0 aliphatic rings. The van der Waals surface area contributed by atoms with E-state index in [4.69, 9.17) is 55.3 Å². The van der Waals surface area contributed by atoms with Gasteiger partial charge in [-0.05, 0) is 50.8 Å². The normalized spacial score (nSPS) is 14.6. The second-order valence-electron chi connectivity index (χ2n) is 9.42. The van der Waals surface area contributed by atoms with Crippen LogP contribution in [0.5, 0.6) is 0 Å². The maximum Gasteiger partial charge on any atom is 0.227 e. The number of nitrogens with one attached hydrogen (secondary N) is 1. The number of carbonyl (C=O) groups is 1. The van der Waals surface area contributed by atoms with Crippen molar-refractivity contribution in [3.8, 4) is 11.3 Å². The highest BCUT2D eigenvalue weighted by molar-refractivity contribution is 6.10. The van der Waals surface area contributed by atoms with E-state index < -0.39 is 0 Å². The number of ketones is 1. The summed E-state index contributed by atoms with van der Waals surface area (Å²) in [5.41, 5.74) is 13.2. The number of benzene rings is 2. The van der Waals surface area contributed by atoms with Crippen LogP contribution in [0, 0.1) is 6.92 Å². The van der Waals surface area contributed by atoms with Crippen LogP contribution in [0.1, 0.15) is 73.9 Å². The van der Waals surface area contributed by atoms with Gasteiger partial charge in [0.2, 0.25) is 5.95 Å². The maximum absolute atomic E-state index is 12.9. The molecule has 36 heavy (non-hydrogen) atoms. The Hall–Kier alpha value is -3.91. The summed E-state index contributed by atoms with van der Waals surface area (Å²) in [4.78, 5) is 26.5. The van der Waals surface area contributed by atoms with Gasteiger partial charge in [0.1, 0.15) is 0 Å². The van der Waals surface area contributed by atoms with Gasteiger partial charge in [0, 0.05) is 107 Å². The minimum atomic E-state index is 0.0782. The minimum absolute atomic E-state index is 0.0782. The summed E-state index contributed by atoms with van der Waals surface area (Å²) < 4.78 is 152. The number of aryl methyl sites for hydroxylation is 2. The van der Waals surface area contributed by atoms with Gasteiger partial charge < -0.3 is 25.4 Å². The van der Waals surface area contributed by atoms with E-state index in [-0.39, 0.29) is 5.78 Å². The highest BCUT2D eigenvalue weighted by atomic mass is 16.1. The third-order valence-corrected chi connectivity index (χ3v) is 6.52. The minimum Gasteiger partial charge on any atom is -0.397 e.